The van der Waals surface area contributed by atoms with E-state index in [-0.39, 0.29) is 11.1 Å². The molecule has 4 heteroatoms. The SMILES string of the molecule is C=C/C(=C\C=C(/C=C)C(=O)Cl)C(=O)Cl. The fourth-order valence-corrected chi connectivity index (χ4v) is 0.887. The van der Waals surface area contributed by atoms with Gasteiger partial charge in [0, 0.05) is 11.1 Å². The lowest BCUT2D eigenvalue weighted by atomic mass is 10.2. The molecule has 2 nitrogen and oxygen atoms in total. The van der Waals surface area contributed by atoms with Crippen LogP contribution < -0.4 is 0 Å². The molecule has 0 heterocycles. The van der Waals surface area contributed by atoms with Gasteiger partial charge in [-0.15, -0.1) is 0 Å². The molecule has 0 aromatic heterocycles. The summed E-state index contributed by atoms with van der Waals surface area (Å²) in [6.45, 7) is 6.77. The standard InChI is InChI=1S/C10H8Cl2O2/c1-3-7(9(11)13)5-6-8(4-2)10(12)14/h3-6H,1-2H2/b7-5+,8-6+. The van der Waals surface area contributed by atoms with Crippen molar-refractivity contribution in [3.63, 3.8) is 0 Å². The minimum absolute atomic E-state index is 0.184. The van der Waals surface area contributed by atoms with Gasteiger partial charge in [0.05, 0.1) is 0 Å². The molecule has 0 rings (SSSR count). The number of hydrogen-bond donors (Lipinski definition) is 0. The van der Waals surface area contributed by atoms with Gasteiger partial charge in [0.2, 0.25) is 0 Å². The van der Waals surface area contributed by atoms with Crippen molar-refractivity contribution in [2.75, 3.05) is 0 Å². The van der Waals surface area contributed by atoms with Crippen LogP contribution in [0.25, 0.3) is 0 Å². The Morgan fingerprint density at radius 2 is 1.14 bits per heavy atom. The molecule has 0 fully saturated rings. The highest BCUT2D eigenvalue weighted by molar-refractivity contribution is 6.68. The van der Waals surface area contributed by atoms with Gasteiger partial charge in [-0.3, -0.25) is 9.59 Å². The summed E-state index contributed by atoms with van der Waals surface area (Å²) in [5, 5.41) is -1.30. The number of carbonyl (C=O) groups excluding carboxylic acids is 2. The average molecular weight is 231 g/mol. The van der Waals surface area contributed by atoms with E-state index in [4.69, 9.17) is 23.2 Å². The van der Waals surface area contributed by atoms with E-state index in [1.54, 1.807) is 0 Å². The van der Waals surface area contributed by atoms with E-state index in [1.165, 1.54) is 24.3 Å². The Hall–Kier alpha value is -1.12. The highest BCUT2D eigenvalue weighted by atomic mass is 35.5. The number of carbonyl (C=O) groups is 2. The normalized spacial score (nSPS) is 12.1. The maximum atomic E-state index is 10.7. The van der Waals surface area contributed by atoms with Gasteiger partial charge in [0.1, 0.15) is 0 Å². The Labute approximate surface area is 92.2 Å². The summed E-state index contributed by atoms with van der Waals surface area (Å²) in [6, 6.07) is 0. The van der Waals surface area contributed by atoms with Crippen LogP contribution >= 0.6 is 23.2 Å². The molecule has 0 saturated carbocycles. The van der Waals surface area contributed by atoms with E-state index >= 15 is 0 Å². The van der Waals surface area contributed by atoms with Gasteiger partial charge in [-0.25, -0.2) is 0 Å². The van der Waals surface area contributed by atoms with Crippen molar-refractivity contribution in [1.82, 2.24) is 0 Å². The van der Waals surface area contributed by atoms with Crippen LogP contribution in [0.4, 0.5) is 0 Å². The lowest BCUT2D eigenvalue weighted by molar-refractivity contribution is -0.109. The Bertz CT molecular complexity index is 304. The molecule has 0 saturated heterocycles. The Morgan fingerprint density at radius 1 is 0.857 bits per heavy atom. The highest BCUT2D eigenvalue weighted by Gasteiger charge is 2.02. The minimum Gasteiger partial charge on any atom is -0.276 e. The predicted molar refractivity (Wildman–Crippen MR) is 58.3 cm³/mol. The number of halogens is 2. The summed E-state index contributed by atoms with van der Waals surface area (Å²) in [4.78, 5) is 21.4. The highest BCUT2D eigenvalue weighted by Crippen LogP contribution is 2.06. The molecule has 0 N–H and O–H groups in total. The first-order chi connectivity index (χ1) is 6.52. The van der Waals surface area contributed by atoms with Gasteiger partial charge in [0.15, 0.2) is 0 Å². The van der Waals surface area contributed by atoms with Crippen molar-refractivity contribution in [1.29, 1.82) is 0 Å². The smallest absolute Gasteiger partial charge is 0.252 e. The maximum Gasteiger partial charge on any atom is 0.252 e. The summed E-state index contributed by atoms with van der Waals surface area (Å²) in [5.74, 6) is 0. The first kappa shape index (κ1) is 12.9. The molecule has 0 aliphatic carbocycles. The zero-order chi connectivity index (χ0) is 11.1. The summed E-state index contributed by atoms with van der Waals surface area (Å²) in [7, 11) is 0. The summed E-state index contributed by atoms with van der Waals surface area (Å²) < 4.78 is 0. The van der Waals surface area contributed by atoms with Crippen molar-refractivity contribution in [3.8, 4) is 0 Å². The zero-order valence-corrected chi connectivity index (χ0v) is 8.81. The topological polar surface area (TPSA) is 34.1 Å². The first-order valence-electron chi connectivity index (χ1n) is 3.59. The largest absolute Gasteiger partial charge is 0.276 e. The van der Waals surface area contributed by atoms with Crippen LogP contribution in [0.15, 0.2) is 48.6 Å². The predicted octanol–water partition coefficient (Wildman–Crippen LogP) is 2.74. The molecule has 74 valence electrons. The molecule has 0 aromatic rings. The van der Waals surface area contributed by atoms with Crippen molar-refractivity contribution < 1.29 is 9.59 Å². The second-order valence-electron chi connectivity index (χ2n) is 2.20. The van der Waals surface area contributed by atoms with E-state index in [9.17, 15) is 9.59 Å². The zero-order valence-electron chi connectivity index (χ0n) is 7.30. The molecule has 0 aliphatic rings. The molecule has 0 aromatic carbocycles. The first-order valence-corrected chi connectivity index (χ1v) is 4.35. The number of allylic oxidation sites excluding steroid dienone is 6. The van der Waals surface area contributed by atoms with Crippen LogP contribution in [-0.4, -0.2) is 10.5 Å². The molecule has 0 atom stereocenters. The van der Waals surface area contributed by atoms with Crippen LogP contribution in [0.3, 0.4) is 0 Å². The Balaban J connectivity index is 4.97. The molecule has 14 heavy (non-hydrogen) atoms. The maximum absolute atomic E-state index is 10.7. The number of rotatable bonds is 5. The number of hydrogen-bond acceptors (Lipinski definition) is 2. The van der Waals surface area contributed by atoms with Crippen molar-refractivity contribution in [2.45, 2.75) is 0 Å². The summed E-state index contributed by atoms with van der Waals surface area (Å²) in [6.07, 6.45) is 5.26. The molecular weight excluding hydrogens is 223 g/mol. The quantitative estimate of drug-likeness (QED) is 0.414. The molecule has 0 unspecified atom stereocenters. The van der Waals surface area contributed by atoms with Crippen molar-refractivity contribution in [3.05, 3.63) is 48.6 Å². The van der Waals surface area contributed by atoms with E-state index in [2.05, 4.69) is 13.2 Å². The third-order valence-electron chi connectivity index (χ3n) is 1.34. The van der Waals surface area contributed by atoms with Crippen LogP contribution in [0.2, 0.25) is 0 Å². The van der Waals surface area contributed by atoms with Crippen LogP contribution in [-0.2, 0) is 9.59 Å². The molecule has 0 spiro atoms. The van der Waals surface area contributed by atoms with E-state index < -0.39 is 10.5 Å². The van der Waals surface area contributed by atoms with Gasteiger partial charge in [-0.05, 0) is 35.4 Å². The Morgan fingerprint density at radius 3 is 1.29 bits per heavy atom. The van der Waals surface area contributed by atoms with Crippen LogP contribution in [0, 0.1) is 0 Å². The summed E-state index contributed by atoms with van der Waals surface area (Å²) in [5.41, 5.74) is 0.368. The van der Waals surface area contributed by atoms with E-state index in [0.717, 1.165) is 0 Å². The van der Waals surface area contributed by atoms with E-state index in [0.29, 0.717) is 0 Å². The fourth-order valence-electron chi connectivity index (χ4n) is 0.607. The molecule has 0 amide bonds. The monoisotopic (exact) mass is 230 g/mol. The lowest BCUT2D eigenvalue weighted by Gasteiger charge is -1.92. The second-order valence-corrected chi connectivity index (χ2v) is 2.89. The fraction of sp³-hybridized carbons (Fsp3) is 0. The van der Waals surface area contributed by atoms with Crippen molar-refractivity contribution in [2.24, 2.45) is 0 Å². The van der Waals surface area contributed by atoms with Crippen molar-refractivity contribution >= 4 is 33.7 Å². The minimum atomic E-state index is -0.651. The molecule has 0 aliphatic heterocycles. The van der Waals surface area contributed by atoms with Crippen LogP contribution in [0.1, 0.15) is 0 Å². The third-order valence-corrected chi connectivity index (χ3v) is 1.77. The second kappa shape index (κ2) is 6.35. The van der Waals surface area contributed by atoms with Gasteiger partial charge in [-0.2, -0.15) is 0 Å². The van der Waals surface area contributed by atoms with Gasteiger partial charge in [-0.1, -0.05) is 25.3 Å². The van der Waals surface area contributed by atoms with E-state index in [1.807, 2.05) is 0 Å². The molecular formula is C10H8Cl2O2. The van der Waals surface area contributed by atoms with Gasteiger partial charge >= 0.3 is 0 Å². The summed E-state index contributed by atoms with van der Waals surface area (Å²) >= 11 is 10.4. The lowest BCUT2D eigenvalue weighted by Crippen LogP contribution is -1.91. The van der Waals surface area contributed by atoms with Gasteiger partial charge in [0.25, 0.3) is 10.5 Å². The molecule has 0 radical (unpaired) electrons. The Kier molecular flexibility index (Phi) is 5.84. The molecule has 0 bridgehead atoms. The third kappa shape index (κ3) is 4.21. The van der Waals surface area contributed by atoms with Crippen LogP contribution in [0.5, 0.6) is 0 Å². The average Bonchev–Trinajstić information content (AvgIpc) is 2.11. The van der Waals surface area contributed by atoms with Gasteiger partial charge < -0.3 is 0 Å².